The fraction of sp³-hybridized carbons (Fsp3) is 0.294. The molecule has 0 fully saturated rings. The van der Waals surface area contributed by atoms with Gasteiger partial charge in [-0.2, -0.15) is 0 Å². The van der Waals surface area contributed by atoms with Gasteiger partial charge in [0.1, 0.15) is 17.5 Å². The van der Waals surface area contributed by atoms with Gasteiger partial charge in [-0.3, -0.25) is 0 Å². The van der Waals surface area contributed by atoms with Crippen LogP contribution in [0.5, 0.6) is 5.75 Å². The second-order valence-electron chi connectivity index (χ2n) is 5.97. The predicted octanol–water partition coefficient (Wildman–Crippen LogP) is 4.90. The van der Waals surface area contributed by atoms with E-state index in [1.165, 1.54) is 0 Å². The molecule has 1 N–H and O–H groups in total. The van der Waals surface area contributed by atoms with E-state index in [0.717, 1.165) is 27.8 Å². The highest BCUT2D eigenvalue weighted by atomic mass is 79.9. The van der Waals surface area contributed by atoms with Crippen molar-refractivity contribution in [3.8, 4) is 5.75 Å². The third-order valence-corrected chi connectivity index (χ3v) is 4.49. The number of rotatable bonds is 2. The number of aliphatic hydroxyl groups excluding tert-OH is 1. The van der Waals surface area contributed by atoms with Crippen LogP contribution in [0, 0.1) is 0 Å². The monoisotopic (exact) mass is 366 g/mol. The van der Waals surface area contributed by atoms with Crippen LogP contribution >= 0.6 is 27.5 Å². The molecular formula is C17H16BrClO2. The summed E-state index contributed by atoms with van der Waals surface area (Å²) in [6.07, 6.45) is 0.0961. The van der Waals surface area contributed by atoms with Gasteiger partial charge in [0.15, 0.2) is 0 Å². The molecule has 2 nitrogen and oxygen atoms in total. The molecule has 0 aromatic heterocycles. The highest BCUT2D eigenvalue weighted by Gasteiger charge is 2.30. The summed E-state index contributed by atoms with van der Waals surface area (Å²) in [5.74, 6) is 0.899. The van der Waals surface area contributed by atoms with Crippen molar-refractivity contribution < 1.29 is 9.84 Å². The van der Waals surface area contributed by atoms with E-state index in [-0.39, 0.29) is 5.60 Å². The molecular weight excluding hydrogens is 352 g/mol. The van der Waals surface area contributed by atoms with Gasteiger partial charge in [-0.25, -0.2) is 0 Å². The molecule has 1 atom stereocenters. The van der Waals surface area contributed by atoms with Gasteiger partial charge in [0.2, 0.25) is 0 Å². The van der Waals surface area contributed by atoms with Crippen LogP contribution in [0.3, 0.4) is 0 Å². The predicted molar refractivity (Wildman–Crippen MR) is 88.1 cm³/mol. The van der Waals surface area contributed by atoms with Crippen molar-refractivity contribution in [2.75, 3.05) is 0 Å². The van der Waals surface area contributed by atoms with E-state index in [2.05, 4.69) is 29.8 Å². The molecule has 4 heteroatoms. The molecule has 0 amide bonds. The SMILES string of the molecule is CC1(C)Cc2cc(C(O)c3cc(Br)ccc3Cl)ccc2O1. The first-order valence-corrected chi connectivity index (χ1v) is 7.98. The minimum absolute atomic E-state index is 0.181. The highest BCUT2D eigenvalue weighted by molar-refractivity contribution is 9.10. The second kappa shape index (κ2) is 5.31. The lowest BCUT2D eigenvalue weighted by Gasteiger charge is -2.16. The van der Waals surface area contributed by atoms with Gasteiger partial charge in [0.05, 0.1) is 0 Å². The van der Waals surface area contributed by atoms with Crippen LogP contribution < -0.4 is 4.74 Å². The Morgan fingerprint density at radius 3 is 2.76 bits per heavy atom. The number of benzene rings is 2. The van der Waals surface area contributed by atoms with Crippen molar-refractivity contribution in [3.05, 3.63) is 62.6 Å². The van der Waals surface area contributed by atoms with Crippen molar-refractivity contribution in [3.63, 3.8) is 0 Å². The Morgan fingerprint density at radius 1 is 1.24 bits per heavy atom. The van der Waals surface area contributed by atoms with E-state index in [4.69, 9.17) is 16.3 Å². The van der Waals surface area contributed by atoms with Gasteiger partial charge in [-0.1, -0.05) is 33.6 Å². The highest BCUT2D eigenvalue weighted by Crippen LogP contribution is 2.38. The molecule has 21 heavy (non-hydrogen) atoms. The Kier molecular flexibility index (Phi) is 3.76. The Bertz CT molecular complexity index is 697. The summed E-state index contributed by atoms with van der Waals surface area (Å²) in [5, 5.41) is 11.2. The van der Waals surface area contributed by atoms with Gasteiger partial charge in [0.25, 0.3) is 0 Å². The van der Waals surface area contributed by atoms with E-state index in [1.807, 2.05) is 30.3 Å². The Labute approximate surface area is 137 Å². The van der Waals surface area contributed by atoms with Crippen molar-refractivity contribution in [1.29, 1.82) is 0 Å². The van der Waals surface area contributed by atoms with E-state index in [0.29, 0.717) is 10.6 Å². The molecule has 0 saturated carbocycles. The maximum absolute atomic E-state index is 10.6. The van der Waals surface area contributed by atoms with Crippen LogP contribution in [-0.2, 0) is 6.42 Å². The molecule has 1 aliphatic heterocycles. The summed E-state index contributed by atoms with van der Waals surface area (Å²) in [7, 11) is 0. The normalized spacial score (nSPS) is 17.2. The summed E-state index contributed by atoms with van der Waals surface area (Å²) in [5.41, 5.74) is 2.47. The number of fused-ring (bicyclic) bond motifs is 1. The topological polar surface area (TPSA) is 29.5 Å². The third kappa shape index (κ3) is 2.96. The van der Waals surface area contributed by atoms with Crippen LogP contribution in [-0.4, -0.2) is 10.7 Å². The summed E-state index contributed by atoms with van der Waals surface area (Å²) in [6.45, 7) is 4.13. The van der Waals surface area contributed by atoms with Gasteiger partial charge in [-0.05, 0) is 55.3 Å². The van der Waals surface area contributed by atoms with Crippen molar-refractivity contribution in [2.24, 2.45) is 0 Å². The minimum Gasteiger partial charge on any atom is -0.487 e. The van der Waals surface area contributed by atoms with Crippen LogP contribution in [0.4, 0.5) is 0 Å². The molecule has 0 bridgehead atoms. The lowest BCUT2D eigenvalue weighted by atomic mass is 9.96. The van der Waals surface area contributed by atoms with E-state index >= 15 is 0 Å². The fourth-order valence-electron chi connectivity index (χ4n) is 2.70. The average molecular weight is 368 g/mol. The van der Waals surface area contributed by atoms with E-state index < -0.39 is 6.10 Å². The van der Waals surface area contributed by atoms with Gasteiger partial charge < -0.3 is 9.84 Å². The first kappa shape index (κ1) is 14.9. The van der Waals surface area contributed by atoms with Crippen molar-refractivity contribution in [2.45, 2.75) is 32.0 Å². The van der Waals surface area contributed by atoms with Gasteiger partial charge >= 0.3 is 0 Å². The zero-order chi connectivity index (χ0) is 15.2. The number of halogens is 2. The molecule has 0 radical (unpaired) electrons. The van der Waals surface area contributed by atoms with Crippen molar-refractivity contribution in [1.82, 2.24) is 0 Å². The summed E-state index contributed by atoms with van der Waals surface area (Å²) < 4.78 is 6.76. The molecule has 1 heterocycles. The average Bonchev–Trinajstić information content (AvgIpc) is 2.73. The maximum Gasteiger partial charge on any atom is 0.123 e. The summed E-state index contributed by atoms with van der Waals surface area (Å²) in [4.78, 5) is 0. The maximum atomic E-state index is 10.6. The smallest absolute Gasteiger partial charge is 0.123 e. The number of hydrogen-bond acceptors (Lipinski definition) is 2. The van der Waals surface area contributed by atoms with Crippen molar-refractivity contribution >= 4 is 27.5 Å². The minimum atomic E-state index is -0.746. The largest absolute Gasteiger partial charge is 0.487 e. The first-order chi connectivity index (χ1) is 9.85. The van der Waals surface area contributed by atoms with Crippen LogP contribution in [0.25, 0.3) is 0 Å². The number of ether oxygens (including phenoxy) is 1. The van der Waals surface area contributed by atoms with E-state index in [1.54, 1.807) is 6.07 Å². The molecule has 110 valence electrons. The van der Waals surface area contributed by atoms with Gasteiger partial charge in [0, 0.05) is 21.5 Å². The lowest BCUT2D eigenvalue weighted by Crippen LogP contribution is -2.24. The zero-order valence-corrected chi connectivity index (χ0v) is 14.2. The Hall–Kier alpha value is -1.03. The lowest BCUT2D eigenvalue weighted by molar-refractivity contribution is 0.138. The van der Waals surface area contributed by atoms with Crippen LogP contribution in [0.2, 0.25) is 5.02 Å². The summed E-state index contributed by atoms with van der Waals surface area (Å²) >= 11 is 9.61. The van der Waals surface area contributed by atoms with Gasteiger partial charge in [-0.15, -0.1) is 0 Å². The van der Waals surface area contributed by atoms with Crippen LogP contribution in [0.1, 0.15) is 36.6 Å². The quantitative estimate of drug-likeness (QED) is 0.818. The molecule has 3 rings (SSSR count). The molecule has 0 aliphatic carbocycles. The Morgan fingerprint density at radius 2 is 2.00 bits per heavy atom. The van der Waals surface area contributed by atoms with E-state index in [9.17, 15) is 5.11 Å². The Balaban J connectivity index is 1.97. The molecule has 0 spiro atoms. The third-order valence-electron chi connectivity index (χ3n) is 3.66. The molecule has 1 aliphatic rings. The first-order valence-electron chi connectivity index (χ1n) is 6.80. The standard InChI is InChI=1S/C17H16BrClO2/c1-17(2)9-11-7-10(3-6-15(11)21-17)16(20)13-8-12(18)4-5-14(13)19/h3-8,16,20H,9H2,1-2H3. The number of aliphatic hydroxyl groups is 1. The molecule has 1 unspecified atom stereocenters. The molecule has 2 aromatic rings. The van der Waals surface area contributed by atoms with Crippen LogP contribution in [0.15, 0.2) is 40.9 Å². The number of hydrogen-bond donors (Lipinski definition) is 1. The fourth-order valence-corrected chi connectivity index (χ4v) is 3.30. The summed E-state index contributed by atoms with van der Waals surface area (Å²) in [6, 6.07) is 11.3. The molecule has 0 saturated heterocycles. The molecule has 2 aromatic carbocycles. The zero-order valence-electron chi connectivity index (χ0n) is 11.9. The second-order valence-corrected chi connectivity index (χ2v) is 7.30.